The van der Waals surface area contributed by atoms with Crippen LogP contribution in [0.2, 0.25) is 18.1 Å². The molecule has 1 saturated heterocycles. The van der Waals surface area contributed by atoms with E-state index in [9.17, 15) is 19.2 Å². The number of nitrogens with two attached hydrogens (primary N) is 1. The molecular weight excluding hydrogens is 807 g/mol. The van der Waals surface area contributed by atoms with Crippen LogP contribution < -0.4 is 26.4 Å². The molecule has 0 bridgehead atoms. The number of nitrogens with one attached hydrogen (secondary N) is 3. The topological polar surface area (TPSA) is 180 Å². The zero-order valence-corrected chi connectivity index (χ0v) is 42.1. The summed E-state index contributed by atoms with van der Waals surface area (Å²) in [5.41, 5.74) is 5.46. The Kier molecular flexibility index (Phi) is 21.9. The van der Waals surface area contributed by atoms with Crippen molar-refractivity contribution in [2.24, 2.45) is 34.8 Å². The van der Waals surface area contributed by atoms with Crippen LogP contribution in [0.25, 0.3) is 0 Å². The van der Waals surface area contributed by atoms with Crippen LogP contribution in [0.4, 0.5) is 4.79 Å². The van der Waals surface area contributed by atoms with Crippen molar-refractivity contribution in [3.05, 3.63) is 29.3 Å². The van der Waals surface area contributed by atoms with Gasteiger partial charge in [-0.1, -0.05) is 54.5 Å². The highest BCUT2D eigenvalue weighted by atomic mass is 28.4. The van der Waals surface area contributed by atoms with Gasteiger partial charge < -0.3 is 45.1 Å². The van der Waals surface area contributed by atoms with Crippen LogP contribution in [-0.4, -0.2) is 114 Å². The first-order valence-electron chi connectivity index (χ1n) is 22.7. The summed E-state index contributed by atoms with van der Waals surface area (Å²) in [4.78, 5) is 56.3. The molecule has 1 aliphatic rings. The third-order valence-electron chi connectivity index (χ3n) is 12.2. The number of hydrogen-bond donors (Lipinski definition) is 4. The Balaban J connectivity index is 2.53. The van der Waals surface area contributed by atoms with E-state index in [1.54, 1.807) is 21.0 Å². The molecule has 1 aromatic rings. The number of methoxy groups -OCH3 is 1. The molecule has 1 aliphatic heterocycles. The summed E-state index contributed by atoms with van der Waals surface area (Å²) in [7, 11) is -0.837. The van der Waals surface area contributed by atoms with Gasteiger partial charge in [-0.3, -0.25) is 19.3 Å². The van der Waals surface area contributed by atoms with Gasteiger partial charge >= 0.3 is 6.09 Å². The van der Waals surface area contributed by atoms with Crippen molar-refractivity contribution in [1.82, 2.24) is 20.9 Å². The van der Waals surface area contributed by atoms with E-state index < -0.39 is 49.4 Å². The summed E-state index contributed by atoms with van der Waals surface area (Å²) in [6.45, 7) is 33.1. The van der Waals surface area contributed by atoms with Crippen molar-refractivity contribution in [3.63, 3.8) is 0 Å². The van der Waals surface area contributed by atoms with Gasteiger partial charge in [-0.15, -0.1) is 0 Å². The molecule has 4 atom stereocenters. The number of amides is 4. The highest BCUT2D eigenvalue weighted by Gasteiger charge is 2.43. The molecule has 1 heterocycles. The first kappa shape index (κ1) is 54.9. The molecule has 4 unspecified atom stereocenters. The van der Waals surface area contributed by atoms with Crippen molar-refractivity contribution < 1.29 is 42.6 Å². The molecule has 1 aromatic carbocycles. The summed E-state index contributed by atoms with van der Waals surface area (Å²) in [5, 5.41) is 9.20. The van der Waals surface area contributed by atoms with Gasteiger partial charge in [-0.2, -0.15) is 0 Å². The zero-order valence-electron chi connectivity index (χ0n) is 41.1. The average molecular weight is 892 g/mol. The number of hydrogen-bond acceptors (Lipinski definition) is 10. The maximum atomic E-state index is 14.1. The number of benzene rings is 1. The van der Waals surface area contributed by atoms with E-state index in [0.29, 0.717) is 57.1 Å². The second-order valence-electron chi connectivity index (χ2n) is 20.9. The van der Waals surface area contributed by atoms with Crippen LogP contribution in [0.3, 0.4) is 0 Å². The van der Waals surface area contributed by atoms with Gasteiger partial charge in [-0.25, -0.2) is 4.79 Å². The average Bonchev–Trinajstić information content (AvgIpc) is 3.15. The fourth-order valence-electron chi connectivity index (χ4n) is 6.83. The lowest BCUT2D eigenvalue weighted by atomic mass is 9.82. The van der Waals surface area contributed by atoms with E-state index in [-0.39, 0.29) is 41.2 Å². The highest BCUT2D eigenvalue weighted by molar-refractivity contribution is 6.74. The molecule has 2 rings (SSSR count). The van der Waals surface area contributed by atoms with Gasteiger partial charge in [0.25, 0.3) is 5.91 Å². The molecule has 0 radical (unpaired) electrons. The van der Waals surface area contributed by atoms with Crippen LogP contribution in [0.15, 0.2) is 18.2 Å². The standard InChI is InChI=1S/C47H85N5O9Si/c1-32(2)35(29-49-41(53)36-19-18-34(30-52-20-24-58-25-21-52)26-39(36)59-23-17-16-22-57-13)27-38(51-44(56)60-45(5,6)7)40(61-62(14,15)46(8,9)10)28-37(33(3)4)42(54)50-31-47(11,12)43(48)55/h18-19,26,32-33,35,37-38,40H,16-17,20-25,27-31H2,1-15H3,(H2,48,55)(H,49,53)(H,50,54)(H,51,56). The van der Waals surface area contributed by atoms with Gasteiger partial charge in [0.2, 0.25) is 11.8 Å². The van der Waals surface area contributed by atoms with Gasteiger partial charge in [0.05, 0.1) is 42.9 Å². The molecule has 1 fully saturated rings. The monoisotopic (exact) mass is 892 g/mol. The first-order valence-corrected chi connectivity index (χ1v) is 25.7. The number of nitrogens with zero attached hydrogens (tertiary/aromatic N) is 1. The lowest BCUT2D eigenvalue weighted by molar-refractivity contribution is -0.130. The van der Waals surface area contributed by atoms with Crippen molar-refractivity contribution in [1.29, 1.82) is 0 Å². The highest BCUT2D eigenvalue weighted by Crippen LogP contribution is 2.39. The smallest absolute Gasteiger partial charge is 0.407 e. The molecule has 15 heteroatoms. The van der Waals surface area contributed by atoms with Crippen molar-refractivity contribution in [3.8, 4) is 5.75 Å². The number of carbonyl (C=O) groups excluding carboxylic acids is 4. The number of rotatable bonds is 25. The van der Waals surface area contributed by atoms with E-state index in [2.05, 4.69) is 68.6 Å². The molecule has 0 saturated carbocycles. The summed E-state index contributed by atoms with van der Waals surface area (Å²) >= 11 is 0. The Bertz CT molecular complexity index is 1570. The second-order valence-corrected chi connectivity index (χ2v) is 25.7. The molecular formula is C47H85N5O9Si. The molecule has 5 N–H and O–H groups in total. The van der Waals surface area contributed by atoms with Crippen molar-refractivity contribution >= 4 is 32.1 Å². The number of primary amides is 1. The summed E-state index contributed by atoms with van der Waals surface area (Å²) in [6.07, 6.45) is 1.17. The van der Waals surface area contributed by atoms with Crippen LogP contribution in [0.5, 0.6) is 5.75 Å². The van der Waals surface area contributed by atoms with Gasteiger partial charge in [0.15, 0.2) is 8.32 Å². The van der Waals surface area contributed by atoms with Gasteiger partial charge in [-0.05, 0) is 114 Å². The third kappa shape index (κ3) is 18.8. The Labute approximate surface area is 375 Å². The lowest BCUT2D eigenvalue weighted by Gasteiger charge is -2.43. The van der Waals surface area contributed by atoms with E-state index in [4.69, 9.17) is 29.1 Å². The normalized spacial score (nSPS) is 16.3. The lowest BCUT2D eigenvalue weighted by Crippen LogP contribution is -2.55. The van der Waals surface area contributed by atoms with Gasteiger partial charge in [0, 0.05) is 52.4 Å². The quantitative estimate of drug-likeness (QED) is 0.0576. The number of unbranched alkanes of at least 4 members (excludes halogenated alkanes) is 1. The zero-order chi connectivity index (χ0) is 47.1. The third-order valence-corrected chi connectivity index (χ3v) is 16.7. The minimum atomic E-state index is -2.52. The molecule has 356 valence electrons. The fourth-order valence-corrected chi connectivity index (χ4v) is 8.20. The molecule has 0 aliphatic carbocycles. The Hall–Kier alpha value is -3.24. The van der Waals surface area contributed by atoms with E-state index in [0.717, 1.165) is 38.0 Å². The number of alkyl carbamates (subject to hydrolysis) is 1. The van der Waals surface area contributed by atoms with Crippen molar-refractivity contribution in [2.75, 3.05) is 59.7 Å². The minimum Gasteiger partial charge on any atom is -0.493 e. The fraction of sp³-hybridized carbons (Fsp3) is 0.787. The van der Waals surface area contributed by atoms with Crippen LogP contribution in [0.1, 0.15) is 125 Å². The number of ether oxygens (including phenoxy) is 4. The predicted molar refractivity (Wildman–Crippen MR) is 249 cm³/mol. The maximum Gasteiger partial charge on any atom is 0.407 e. The Morgan fingerprint density at radius 1 is 0.887 bits per heavy atom. The molecule has 62 heavy (non-hydrogen) atoms. The molecule has 4 amide bonds. The van der Waals surface area contributed by atoms with E-state index in [1.807, 2.05) is 52.8 Å². The maximum absolute atomic E-state index is 14.1. The largest absolute Gasteiger partial charge is 0.493 e. The molecule has 0 aromatic heterocycles. The SMILES string of the molecule is COCCCCOc1cc(CN2CCOCC2)ccc1C(=O)NCC(CC(NC(=O)OC(C)(C)C)C(CC(C(=O)NCC(C)(C)C(N)=O)C(C)C)O[Si](C)(C)C(C)(C)C)C(C)C. The number of morpholine rings is 1. The number of carbonyl (C=O) groups is 4. The van der Waals surface area contributed by atoms with Crippen LogP contribution in [0, 0.1) is 29.1 Å². The predicted octanol–water partition coefficient (Wildman–Crippen LogP) is 7.29. The molecule has 0 spiro atoms. The van der Waals surface area contributed by atoms with E-state index >= 15 is 0 Å². The van der Waals surface area contributed by atoms with Gasteiger partial charge in [0.1, 0.15) is 11.4 Å². The second kappa shape index (κ2) is 24.7. The first-order chi connectivity index (χ1) is 28.7. The summed E-state index contributed by atoms with van der Waals surface area (Å²) in [6, 6.07) is 5.21. The Morgan fingerprint density at radius 2 is 1.52 bits per heavy atom. The van der Waals surface area contributed by atoms with Crippen LogP contribution in [-0.2, 0) is 34.8 Å². The van der Waals surface area contributed by atoms with Crippen LogP contribution >= 0.6 is 0 Å². The Morgan fingerprint density at radius 3 is 2.06 bits per heavy atom. The summed E-state index contributed by atoms with van der Waals surface area (Å²) < 4.78 is 30.1. The molecule has 14 nitrogen and oxygen atoms in total. The summed E-state index contributed by atoms with van der Waals surface area (Å²) in [5.74, 6) is -1.09. The minimum absolute atomic E-state index is 0.0828. The van der Waals surface area contributed by atoms with Crippen molar-refractivity contribution in [2.45, 2.75) is 151 Å². The van der Waals surface area contributed by atoms with E-state index in [1.165, 1.54) is 0 Å².